The standard InChI is InChI=1S/C26H32O6.H2O.2H2/c1-15-3-4-18(9-15)20-5-6-23(30)26-21(20)12-17(13-25(26)32)11-19(7-8-27)22(14-28)24(31)10-16(2)29;;;/h3-6,17,19,22,27-28,30H,7-14H2,1-2H3;1H2;2*1H. The molecule has 1 aromatic rings. The maximum Gasteiger partial charge on any atom is 0.167 e. The molecule has 0 fully saturated rings. The van der Waals surface area contributed by atoms with Crippen molar-refractivity contribution in [2.24, 2.45) is 17.8 Å². The molecule has 184 valence electrons. The van der Waals surface area contributed by atoms with Gasteiger partial charge in [0.1, 0.15) is 17.3 Å². The van der Waals surface area contributed by atoms with Gasteiger partial charge in [0.05, 0.1) is 18.6 Å². The van der Waals surface area contributed by atoms with E-state index in [2.05, 4.69) is 13.0 Å². The molecule has 3 atom stereocenters. The normalized spacial score (nSPS) is 19.2. The third-order valence-electron chi connectivity index (χ3n) is 6.66. The van der Waals surface area contributed by atoms with Gasteiger partial charge in [-0.3, -0.25) is 14.4 Å². The summed E-state index contributed by atoms with van der Waals surface area (Å²) in [5, 5.41) is 29.8. The zero-order valence-corrected chi connectivity index (χ0v) is 19.3. The second kappa shape index (κ2) is 11.5. The highest BCUT2D eigenvalue weighted by molar-refractivity contribution is 6.02. The molecule has 0 aliphatic heterocycles. The summed E-state index contributed by atoms with van der Waals surface area (Å²) in [6.45, 7) is 2.86. The molecule has 33 heavy (non-hydrogen) atoms. The fourth-order valence-corrected chi connectivity index (χ4v) is 5.16. The summed E-state index contributed by atoms with van der Waals surface area (Å²) in [4.78, 5) is 37.0. The Kier molecular flexibility index (Phi) is 9.28. The third kappa shape index (κ3) is 6.05. The van der Waals surface area contributed by atoms with Gasteiger partial charge in [-0.25, -0.2) is 0 Å². The number of aromatic hydroxyl groups is 1. The van der Waals surface area contributed by atoms with Crippen molar-refractivity contribution in [3.63, 3.8) is 0 Å². The van der Waals surface area contributed by atoms with Crippen LogP contribution in [0.25, 0.3) is 5.57 Å². The molecular weight excluding hydrogens is 424 g/mol. The summed E-state index contributed by atoms with van der Waals surface area (Å²) in [6.07, 6.45) is 6.27. The second-order valence-electron chi connectivity index (χ2n) is 9.21. The fourth-order valence-electron chi connectivity index (χ4n) is 5.16. The van der Waals surface area contributed by atoms with Crippen molar-refractivity contribution in [3.05, 3.63) is 46.5 Å². The first kappa shape index (κ1) is 26.6. The van der Waals surface area contributed by atoms with E-state index in [1.807, 2.05) is 12.1 Å². The molecule has 5 N–H and O–H groups in total. The summed E-state index contributed by atoms with van der Waals surface area (Å²) in [5.41, 5.74) is 4.53. The topological polar surface area (TPSA) is 143 Å². The number of fused-ring (bicyclic) bond motifs is 1. The van der Waals surface area contributed by atoms with Gasteiger partial charge in [-0.2, -0.15) is 0 Å². The van der Waals surface area contributed by atoms with E-state index in [1.54, 1.807) is 6.07 Å². The molecule has 0 radical (unpaired) electrons. The predicted molar refractivity (Wildman–Crippen MR) is 129 cm³/mol. The van der Waals surface area contributed by atoms with Crippen molar-refractivity contribution in [2.45, 2.75) is 52.4 Å². The number of benzene rings is 1. The Morgan fingerprint density at radius 3 is 2.48 bits per heavy atom. The van der Waals surface area contributed by atoms with Gasteiger partial charge in [0.2, 0.25) is 0 Å². The predicted octanol–water partition coefficient (Wildman–Crippen LogP) is 3.08. The SMILES string of the molecule is CC(=O)CC(=O)C(CO)C(CCO)CC1CC(=O)c2c(O)ccc(C3=CC=C(C)C3)c2C1.O.[HH].[HH]. The lowest BCUT2D eigenvalue weighted by atomic mass is 9.72. The molecular formula is C26H38O7. The smallest absolute Gasteiger partial charge is 0.167 e. The monoisotopic (exact) mass is 462 g/mol. The van der Waals surface area contributed by atoms with Crippen LogP contribution in [0.2, 0.25) is 0 Å². The lowest BCUT2D eigenvalue weighted by Crippen LogP contribution is -2.32. The maximum atomic E-state index is 13.0. The van der Waals surface area contributed by atoms with Gasteiger partial charge < -0.3 is 20.8 Å². The maximum absolute atomic E-state index is 13.0. The van der Waals surface area contributed by atoms with Crippen molar-refractivity contribution in [2.75, 3.05) is 13.2 Å². The molecule has 3 rings (SSSR count). The fraction of sp³-hybridized carbons (Fsp3) is 0.500. The number of carbonyl (C=O) groups is 3. The van der Waals surface area contributed by atoms with Gasteiger partial charge in [-0.05, 0) is 74.1 Å². The number of hydrogen-bond acceptors (Lipinski definition) is 6. The van der Waals surface area contributed by atoms with Crippen molar-refractivity contribution in [1.29, 1.82) is 0 Å². The molecule has 0 saturated heterocycles. The third-order valence-corrected chi connectivity index (χ3v) is 6.66. The highest BCUT2D eigenvalue weighted by atomic mass is 16.3. The Bertz CT molecular complexity index is 984. The average Bonchev–Trinajstić information content (AvgIpc) is 3.14. The minimum Gasteiger partial charge on any atom is -0.507 e. The van der Waals surface area contributed by atoms with Gasteiger partial charge in [0.25, 0.3) is 0 Å². The molecule has 7 nitrogen and oxygen atoms in total. The molecule has 0 heterocycles. The number of aliphatic hydroxyl groups excluding tert-OH is 2. The van der Waals surface area contributed by atoms with Crippen LogP contribution in [-0.2, 0) is 16.0 Å². The Balaban J connectivity index is 0.00000385. The molecule has 0 spiro atoms. The molecule has 2 aliphatic rings. The van der Waals surface area contributed by atoms with Crippen LogP contribution in [-0.4, -0.2) is 51.4 Å². The molecule has 0 saturated carbocycles. The number of aliphatic hydroxyl groups is 2. The van der Waals surface area contributed by atoms with E-state index in [-0.39, 0.29) is 62.7 Å². The van der Waals surface area contributed by atoms with Crippen LogP contribution in [0.15, 0.2) is 29.9 Å². The number of Topliss-reactive ketones (excluding diaryl/α,β-unsaturated/α-hetero) is 3. The highest BCUT2D eigenvalue weighted by Crippen LogP contribution is 2.41. The largest absolute Gasteiger partial charge is 0.507 e. The number of carbonyl (C=O) groups excluding carboxylic acids is 3. The number of allylic oxidation sites excluding steroid dienone is 4. The van der Waals surface area contributed by atoms with Crippen LogP contribution in [0.4, 0.5) is 0 Å². The van der Waals surface area contributed by atoms with Gasteiger partial charge in [0.15, 0.2) is 5.78 Å². The van der Waals surface area contributed by atoms with Crippen molar-refractivity contribution >= 4 is 22.9 Å². The zero-order chi connectivity index (χ0) is 23.4. The summed E-state index contributed by atoms with van der Waals surface area (Å²) < 4.78 is 0. The highest BCUT2D eigenvalue weighted by Gasteiger charge is 2.35. The average molecular weight is 463 g/mol. The van der Waals surface area contributed by atoms with Crippen LogP contribution in [0.5, 0.6) is 5.75 Å². The minimum absolute atomic E-state index is 0. The van der Waals surface area contributed by atoms with E-state index in [0.29, 0.717) is 24.8 Å². The van der Waals surface area contributed by atoms with Crippen LogP contribution in [0.3, 0.4) is 0 Å². The Morgan fingerprint density at radius 1 is 1.18 bits per heavy atom. The van der Waals surface area contributed by atoms with Crippen LogP contribution in [0, 0.1) is 17.8 Å². The Morgan fingerprint density at radius 2 is 1.91 bits per heavy atom. The Labute approximate surface area is 197 Å². The van der Waals surface area contributed by atoms with E-state index in [9.17, 15) is 29.7 Å². The van der Waals surface area contributed by atoms with Gasteiger partial charge in [0, 0.05) is 21.8 Å². The molecule has 7 heteroatoms. The quantitative estimate of drug-likeness (QED) is 0.456. The van der Waals surface area contributed by atoms with Gasteiger partial charge in [-0.15, -0.1) is 0 Å². The second-order valence-corrected chi connectivity index (χ2v) is 9.21. The number of ketones is 3. The van der Waals surface area contributed by atoms with E-state index >= 15 is 0 Å². The summed E-state index contributed by atoms with van der Waals surface area (Å²) >= 11 is 0. The van der Waals surface area contributed by atoms with Crippen molar-refractivity contribution < 1.29 is 38.0 Å². The molecule has 0 amide bonds. The Hall–Kier alpha value is -2.61. The first-order valence-corrected chi connectivity index (χ1v) is 11.2. The van der Waals surface area contributed by atoms with Crippen LogP contribution >= 0.6 is 0 Å². The summed E-state index contributed by atoms with van der Waals surface area (Å²) in [7, 11) is 0. The van der Waals surface area contributed by atoms with Crippen molar-refractivity contribution in [1.82, 2.24) is 0 Å². The van der Waals surface area contributed by atoms with Gasteiger partial charge >= 0.3 is 0 Å². The molecule has 1 aromatic carbocycles. The summed E-state index contributed by atoms with van der Waals surface area (Å²) in [5.74, 6) is -1.86. The number of rotatable bonds is 10. The first-order valence-electron chi connectivity index (χ1n) is 11.2. The van der Waals surface area contributed by atoms with Crippen molar-refractivity contribution in [3.8, 4) is 5.75 Å². The number of phenols is 1. The molecule has 3 unspecified atom stereocenters. The number of hydrogen-bond donors (Lipinski definition) is 3. The first-order chi connectivity index (χ1) is 15.2. The zero-order valence-electron chi connectivity index (χ0n) is 19.3. The molecule has 2 aliphatic carbocycles. The van der Waals surface area contributed by atoms with E-state index < -0.39 is 12.5 Å². The van der Waals surface area contributed by atoms with E-state index in [4.69, 9.17) is 0 Å². The lowest BCUT2D eigenvalue weighted by Gasteiger charge is -2.32. The minimum atomic E-state index is -0.740. The van der Waals surface area contributed by atoms with Gasteiger partial charge in [-0.1, -0.05) is 23.8 Å². The lowest BCUT2D eigenvalue weighted by molar-refractivity contribution is -0.131. The summed E-state index contributed by atoms with van der Waals surface area (Å²) in [6, 6.07) is 3.44. The van der Waals surface area contributed by atoms with Crippen LogP contribution in [0.1, 0.15) is 70.3 Å². The van der Waals surface area contributed by atoms with E-state index in [0.717, 1.165) is 23.1 Å². The molecule has 0 bridgehead atoms. The van der Waals surface area contributed by atoms with Crippen LogP contribution < -0.4 is 0 Å². The van der Waals surface area contributed by atoms with E-state index in [1.165, 1.54) is 12.5 Å². The number of phenolic OH excluding ortho intramolecular Hbond substituents is 1. The molecule has 0 aromatic heterocycles.